The van der Waals surface area contributed by atoms with Crippen LogP contribution in [0.15, 0.2) is 59.6 Å². The van der Waals surface area contributed by atoms with Crippen molar-refractivity contribution in [3.8, 4) is 0 Å². The predicted molar refractivity (Wildman–Crippen MR) is 140 cm³/mol. The molecule has 35 heavy (non-hydrogen) atoms. The fourth-order valence-electron chi connectivity index (χ4n) is 5.90. The van der Waals surface area contributed by atoms with Crippen molar-refractivity contribution >= 4 is 23.2 Å². The van der Waals surface area contributed by atoms with E-state index in [4.69, 9.17) is 4.99 Å². The van der Waals surface area contributed by atoms with Crippen molar-refractivity contribution < 1.29 is 9.59 Å². The van der Waals surface area contributed by atoms with Gasteiger partial charge in [-0.1, -0.05) is 80.6 Å². The van der Waals surface area contributed by atoms with Gasteiger partial charge in [0.15, 0.2) is 0 Å². The molecule has 0 saturated heterocycles. The predicted octanol–water partition coefficient (Wildman–Crippen LogP) is 4.43. The molecule has 2 N–H and O–H groups in total. The van der Waals surface area contributed by atoms with Crippen LogP contribution in [0.3, 0.4) is 0 Å². The van der Waals surface area contributed by atoms with E-state index in [2.05, 4.69) is 10.6 Å². The molecular formula is C29H36N4O2. The van der Waals surface area contributed by atoms with Crippen LogP contribution in [0.25, 0.3) is 0 Å². The SMILES string of the molecule is CN1C(=O)[C@@H](NC(=O)C2(CNC3CCCCC3)CCCC2)N=C(c2ccccc2)c2ccccc21. The van der Waals surface area contributed by atoms with E-state index in [0.29, 0.717) is 12.6 Å². The van der Waals surface area contributed by atoms with Crippen molar-refractivity contribution in [2.24, 2.45) is 10.4 Å². The number of hydrogen-bond donors (Lipinski definition) is 2. The summed E-state index contributed by atoms with van der Waals surface area (Å²) in [4.78, 5) is 33.8. The van der Waals surface area contributed by atoms with Gasteiger partial charge in [0.2, 0.25) is 12.1 Å². The van der Waals surface area contributed by atoms with Crippen molar-refractivity contribution in [1.29, 1.82) is 0 Å². The van der Waals surface area contributed by atoms with E-state index in [1.807, 2.05) is 54.6 Å². The third-order valence-electron chi connectivity index (χ3n) is 8.03. The summed E-state index contributed by atoms with van der Waals surface area (Å²) in [5.74, 6) is -0.266. The number of nitrogens with one attached hydrogen (secondary N) is 2. The van der Waals surface area contributed by atoms with Crippen LogP contribution in [0, 0.1) is 5.41 Å². The second-order valence-electron chi connectivity index (χ2n) is 10.3. The number of carbonyl (C=O) groups is 2. The Balaban J connectivity index is 1.43. The molecule has 2 aliphatic carbocycles. The van der Waals surface area contributed by atoms with Gasteiger partial charge in [0.1, 0.15) is 0 Å². The molecule has 5 rings (SSSR count). The third-order valence-corrected chi connectivity index (χ3v) is 8.03. The molecule has 2 saturated carbocycles. The molecule has 1 heterocycles. The molecule has 6 nitrogen and oxygen atoms in total. The van der Waals surface area contributed by atoms with Crippen molar-refractivity contribution in [3.05, 3.63) is 65.7 Å². The number of hydrogen-bond acceptors (Lipinski definition) is 4. The van der Waals surface area contributed by atoms with Crippen molar-refractivity contribution in [2.75, 3.05) is 18.5 Å². The number of benzene rings is 2. The lowest BCUT2D eigenvalue weighted by Crippen LogP contribution is -2.53. The van der Waals surface area contributed by atoms with E-state index < -0.39 is 11.6 Å². The smallest absolute Gasteiger partial charge is 0.272 e. The second-order valence-corrected chi connectivity index (χ2v) is 10.3. The summed E-state index contributed by atoms with van der Waals surface area (Å²) in [6.45, 7) is 0.676. The molecule has 3 aliphatic rings. The largest absolute Gasteiger partial charge is 0.326 e. The Bertz CT molecular complexity index is 1080. The van der Waals surface area contributed by atoms with Crippen LogP contribution >= 0.6 is 0 Å². The third kappa shape index (κ3) is 4.90. The molecule has 2 aromatic carbocycles. The lowest BCUT2D eigenvalue weighted by molar-refractivity contribution is -0.134. The van der Waals surface area contributed by atoms with E-state index in [1.165, 1.54) is 32.1 Å². The molecule has 0 unspecified atom stereocenters. The molecule has 184 valence electrons. The topological polar surface area (TPSA) is 73.8 Å². The Morgan fingerprint density at radius 3 is 2.40 bits per heavy atom. The molecule has 1 aliphatic heterocycles. The fraction of sp³-hybridized carbons (Fsp3) is 0.483. The van der Waals surface area contributed by atoms with Gasteiger partial charge >= 0.3 is 0 Å². The number of benzodiazepines with no additional fused rings is 1. The van der Waals surface area contributed by atoms with Gasteiger partial charge in [-0.15, -0.1) is 0 Å². The number of amides is 2. The summed E-state index contributed by atoms with van der Waals surface area (Å²) >= 11 is 0. The highest BCUT2D eigenvalue weighted by atomic mass is 16.2. The molecule has 2 aromatic rings. The number of anilines is 1. The number of nitrogens with zero attached hydrogens (tertiary/aromatic N) is 2. The van der Waals surface area contributed by atoms with Gasteiger partial charge in [0, 0.05) is 30.8 Å². The maximum atomic E-state index is 13.8. The molecule has 0 aromatic heterocycles. The Hall–Kier alpha value is -2.99. The van der Waals surface area contributed by atoms with Gasteiger partial charge < -0.3 is 15.5 Å². The highest BCUT2D eigenvalue weighted by molar-refractivity contribution is 6.20. The first-order valence-corrected chi connectivity index (χ1v) is 13.1. The van der Waals surface area contributed by atoms with E-state index in [1.54, 1.807) is 11.9 Å². The minimum atomic E-state index is -0.956. The van der Waals surface area contributed by atoms with Crippen molar-refractivity contribution in [3.63, 3.8) is 0 Å². The van der Waals surface area contributed by atoms with Crippen LogP contribution in [-0.2, 0) is 9.59 Å². The van der Waals surface area contributed by atoms with Gasteiger partial charge in [-0.05, 0) is 31.7 Å². The van der Waals surface area contributed by atoms with Crippen LogP contribution in [0.5, 0.6) is 0 Å². The Labute approximate surface area is 208 Å². The molecule has 2 amide bonds. The summed E-state index contributed by atoms with van der Waals surface area (Å²) in [7, 11) is 1.76. The molecule has 0 bridgehead atoms. The summed E-state index contributed by atoms with van der Waals surface area (Å²) in [5.41, 5.74) is 2.87. The Morgan fingerprint density at radius 2 is 1.66 bits per heavy atom. The highest BCUT2D eigenvalue weighted by Crippen LogP contribution is 2.39. The molecule has 6 heteroatoms. The lowest BCUT2D eigenvalue weighted by atomic mass is 9.84. The minimum absolute atomic E-state index is 0.0489. The lowest BCUT2D eigenvalue weighted by Gasteiger charge is -2.33. The van der Waals surface area contributed by atoms with Gasteiger partial charge in [-0.2, -0.15) is 0 Å². The normalized spacial score (nSPS) is 22.3. The van der Waals surface area contributed by atoms with E-state index in [9.17, 15) is 9.59 Å². The van der Waals surface area contributed by atoms with E-state index in [0.717, 1.165) is 48.2 Å². The second kappa shape index (κ2) is 10.3. The average molecular weight is 473 g/mol. The first-order valence-electron chi connectivity index (χ1n) is 13.1. The first-order chi connectivity index (χ1) is 17.1. The first kappa shape index (κ1) is 23.7. The van der Waals surface area contributed by atoms with Crippen LogP contribution < -0.4 is 15.5 Å². The van der Waals surface area contributed by atoms with Gasteiger partial charge in [0.25, 0.3) is 5.91 Å². The minimum Gasteiger partial charge on any atom is -0.326 e. The summed E-state index contributed by atoms with van der Waals surface area (Å²) < 4.78 is 0. The maximum Gasteiger partial charge on any atom is 0.272 e. The van der Waals surface area contributed by atoms with E-state index >= 15 is 0 Å². The molecule has 0 radical (unpaired) electrons. The summed E-state index contributed by atoms with van der Waals surface area (Å²) in [5, 5.41) is 6.80. The summed E-state index contributed by atoms with van der Waals surface area (Å²) in [6.07, 6.45) is 9.04. The average Bonchev–Trinajstić information content (AvgIpc) is 3.37. The molecule has 0 spiro atoms. The van der Waals surface area contributed by atoms with Crippen LogP contribution in [0.2, 0.25) is 0 Å². The molecule has 1 atom stereocenters. The van der Waals surface area contributed by atoms with Crippen LogP contribution in [0.4, 0.5) is 5.69 Å². The Morgan fingerprint density at radius 1 is 0.971 bits per heavy atom. The van der Waals surface area contributed by atoms with Gasteiger partial charge in [-0.25, -0.2) is 4.99 Å². The number of fused-ring (bicyclic) bond motifs is 1. The quantitative estimate of drug-likeness (QED) is 0.653. The number of aliphatic imine (C=N–C) groups is 1. The molecule has 2 fully saturated rings. The number of likely N-dealkylation sites (N-methyl/N-ethyl adjacent to an activating group) is 1. The number of rotatable bonds is 6. The monoisotopic (exact) mass is 472 g/mol. The standard InChI is InChI=1S/C29H36N4O2/c1-33-24-17-9-8-16-23(24)25(21-12-4-2-5-13-21)31-26(27(33)34)32-28(35)29(18-10-11-19-29)20-30-22-14-6-3-7-15-22/h2,4-5,8-9,12-13,16-17,22,26,30H,3,6-7,10-11,14-15,18-20H2,1H3,(H,32,35)/t26-/m1/s1. The number of para-hydroxylation sites is 1. The fourth-order valence-corrected chi connectivity index (χ4v) is 5.90. The van der Waals surface area contributed by atoms with Crippen molar-refractivity contribution in [1.82, 2.24) is 10.6 Å². The van der Waals surface area contributed by atoms with Crippen LogP contribution in [-0.4, -0.2) is 43.3 Å². The Kier molecular flexibility index (Phi) is 7.00. The van der Waals surface area contributed by atoms with Gasteiger partial charge in [-0.3, -0.25) is 9.59 Å². The summed E-state index contributed by atoms with van der Waals surface area (Å²) in [6, 6.07) is 18.2. The highest BCUT2D eigenvalue weighted by Gasteiger charge is 2.43. The molecular weight excluding hydrogens is 436 g/mol. The van der Waals surface area contributed by atoms with E-state index in [-0.39, 0.29) is 11.8 Å². The zero-order chi connectivity index (χ0) is 24.3. The zero-order valence-corrected chi connectivity index (χ0v) is 20.6. The maximum absolute atomic E-state index is 13.8. The number of carbonyl (C=O) groups excluding carboxylic acids is 2. The van der Waals surface area contributed by atoms with Gasteiger partial charge in [0.05, 0.1) is 16.8 Å². The zero-order valence-electron chi connectivity index (χ0n) is 20.6. The van der Waals surface area contributed by atoms with Crippen molar-refractivity contribution in [2.45, 2.75) is 70.0 Å². The van der Waals surface area contributed by atoms with Crippen LogP contribution in [0.1, 0.15) is 68.9 Å².